The Kier molecular flexibility index (Phi) is 22.6. The molecule has 141 heavy (non-hydrogen) atoms. The number of fused-ring (bicyclic) bond motifs is 15. The quantitative estimate of drug-likeness (QED) is 0.0855. The van der Waals surface area contributed by atoms with Crippen LogP contribution in [0.15, 0.2) is 455 Å². The molecule has 0 amide bonds. The Bertz CT molecular complexity index is 9020. The van der Waals surface area contributed by atoms with E-state index in [1.807, 2.05) is 158 Å². The van der Waals surface area contributed by atoms with Gasteiger partial charge in [0.25, 0.3) is 0 Å². The van der Waals surface area contributed by atoms with Crippen molar-refractivity contribution in [3.05, 3.63) is 455 Å². The average molecular weight is 1810 g/mol. The number of hydrogen-bond acceptors (Lipinski definition) is 11. The maximum atomic E-state index is 5.28. The first-order valence-electron chi connectivity index (χ1n) is 47.9. The predicted octanol–water partition coefficient (Wildman–Crippen LogP) is 31.6. The van der Waals surface area contributed by atoms with Crippen molar-refractivity contribution in [1.29, 1.82) is 0 Å². The molecule has 0 saturated heterocycles. The predicted molar refractivity (Wildman–Crippen MR) is 580 cm³/mol. The average Bonchev–Trinajstić information content (AvgIpc) is 1.59. The first-order valence-corrected chi connectivity index (χ1v) is 47.9. The van der Waals surface area contributed by atoms with Crippen molar-refractivity contribution in [3.8, 4) is 158 Å². The Hall–Kier alpha value is -18.5. The summed E-state index contributed by atoms with van der Waals surface area (Å²) in [6, 6.07) is 158. The van der Waals surface area contributed by atoms with Crippen LogP contribution in [0, 0.1) is 0 Å². The van der Waals surface area contributed by atoms with E-state index in [-0.39, 0.29) is 0 Å². The molecule has 9 aromatic heterocycles. The summed E-state index contributed by atoms with van der Waals surface area (Å²) in [4.78, 5) is 55.1. The normalized spacial score (nSPS) is 11.5. The van der Waals surface area contributed by atoms with Crippen molar-refractivity contribution < 1.29 is 0 Å². The van der Waals surface area contributed by atoms with Crippen LogP contribution in [0.5, 0.6) is 0 Å². The molecule has 0 atom stereocenters. The fourth-order valence-electron chi connectivity index (χ4n) is 19.7. The lowest BCUT2D eigenvalue weighted by Gasteiger charge is -2.11. The highest BCUT2D eigenvalue weighted by molar-refractivity contribution is 6.19. The van der Waals surface area contributed by atoms with Crippen LogP contribution < -0.4 is 0 Å². The highest BCUT2D eigenvalue weighted by Gasteiger charge is 2.23. The molecule has 0 saturated carbocycles. The molecule has 0 unspecified atom stereocenters. The number of aromatic nitrogens is 14. The summed E-state index contributed by atoms with van der Waals surface area (Å²) < 4.78 is 7.16. The van der Waals surface area contributed by atoms with Gasteiger partial charge in [0, 0.05) is 151 Å². The van der Waals surface area contributed by atoms with Gasteiger partial charge in [-0.1, -0.05) is 400 Å². The highest BCUT2D eigenvalue weighted by Crippen LogP contribution is 2.42. The molecule has 26 aromatic rings. The van der Waals surface area contributed by atoms with E-state index in [2.05, 4.69) is 332 Å². The van der Waals surface area contributed by atoms with Crippen LogP contribution in [0.2, 0.25) is 0 Å². The molecule has 17 aromatic carbocycles. The Morgan fingerprint density at radius 3 is 0.709 bits per heavy atom. The molecule has 0 aliphatic heterocycles. The molecule has 0 aliphatic carbocycles. The lowest BCUT2D eigenvalue weighted by Crippen LogP contribution is -2.00. The molecule has 0 aliphatic rings. The second-order valence-electron chi connectivity index (χ2n) is 35.1. The van der Waals surface area contributed by atoms with E-state index in [1.165, 1.54) is 65.4 Å². The van der Waals surface area contributed by atoms with Gasteiger partial charge in [-0.3, -0.25) is 0 Å². The third kappa shape index (κ3) is 16.5. The molecule has 0 bridgehead atoms. The second-order valence-corrected chi connectivity index (χ2v) is 35.1. The van der Waals surface area contributed by atoms with Crippen LogP contribution in [-0.2, 0) is 19.6 Å². The molecule has 9 heterocycles. The van der Waals surface area contributed by atoms with Gasteiger partial charge in [-0.25, -0.2) is 54.8 Å². The largest absolute Gasteiger partial charge is 0.339 e. The van der Waals surface area contributed by atoms with Crippen LogP contribution in [-0.4, -0.2) is 68.5 Å². The summed E-state index contributed by atoms with van der Waals surface area (Å²) in [5.41, 5.74) is 31.5. The number of nitrogens with zero attached hydrogens (tertiary/aromatic N) is 14. The first-order chi connectivity index (χ1) is 69.7. The molecular weight excluding hydrogens is 1720 g/mol. The molecule has 0 spiro atoms. The number of rotatable bonds is 17. The van der Waals surface area contributed by atoms with Crippen LogP contribution in [0.3, 0.4) is 0 Å². The molecule has 0 radical (unpaired) electrons. The van der Waals surface area contributed by atoms with Crippen molar-refractivity contribution in [2.75, 3.05) is 0 Å². The van der Waals surface area contributed by atoms with Crippen molar-refractivity contribution >= 4 is 98.1 Å². The van der Waals surface area contributed by atoms with Crippen LogP contribution in [0.1, 0.15) is 20.8 Å². The lowest BCUT2D eigenvalue weighted by molar-refractivity contribution is 0.829. The molecule has 14 nitrogen and oxygen atoms in total. The fraction of sp³-hybridized carbons (Fsp3) is 0.0472. The van der Waals surface area contributed by atoms with Gasteiger partial charge in [0.1, 0.15) is 0 Å². The topological polar surface area (TPSA) is 157 Å². The van der Waals surface area contributed by atoms with Gasteiger partial charge < -0.3 is 13.7 Å². The smallest absolute Gasteiger partial charge is 0.164 e. The maximum Gasteiger partial charge on any atom is 0.164 e. The van der Waals surface area contributed by atoms with E-state index in [0.717, 1.165) is 170 Å². The monoisotopic (exact) mass is 1810 g/mol. The van der Waals surface area contributed by atoms with E-state index in [9.17, 15) is 0 Å². The van der Waals surface area contributed by atoms with Crippen molar-refractivity contribution in [3.63, 3.8) is 0 Å². The van der Waals surface area contributed by atoms with Crippen molar-refractivity contribution in [1.82, 2.24) is 68.5 Å². The standard InChI is InChI=1S/2C44H31N5.C39H28N4/c1-2-49-39-19-10-9-18-36(39)37-26-24-31-25-27-38(45-40(31)41(37)49)30-22-20-29(21-23-30)34-16-11-17-35(28-34)44-47-42(32-12-5-3-6-13-32)46-43(48-44)33-14-7-4-8-15-33;1-2-49-39-16-10-9-15-36(39)37-27-25-32-26-28-38(45-40(32)41(37)49)31-21-17-29(18-22-31)30-19-23-35(24-20-30)44-47-42(33-11-5-3-6-12-33)46-43(48-44)34-13-7-4-8-14-34;1-2-43-36-19-10-9-18-31(36)32-22-20-28-21-23-33(40-37(28)38(32)43)29-16-11-17-30(24-29)39-41-34(26-12-5-3-6-13-26)25-35(42-39)27-14-7-4-8-15-27/h2*3-28H,2H2,1H3;3-25H,2H2,1H3. The number of pyridine rings is 3. The van der Waals surface area contributed by atoms with E-state index in [1.54, 1.807) is 0 Å². The van der Waals surface area contributed by atoms with Gasteiger partial charge >= 0.3 is 0 Å². The zero-order chi connectivity index (χ0) is 94.2. The van der Waals surface area contributed by atoms with Gasteiger partial charge in [0.15, 0.2) is 40.8 Å². The van der Waals surface area contributed by atoms with Crippen LogP contribution in [0.4, 0.5) is 0 Å². The summed E-state index contributed by atoms with van der Waals surface area (Å²) >= 11 is 0. The fourth-order valence-corrected chi connectivity index (χ4v) is 19.7. The molecular formula is C127H90N14. The maximum absolute atomic E-state index is 5.28. The summed E-state index contributed by atoms with van der Waals surface area (Å²) in [5, 5.41) is 11.0. The number of para-hydroxylation sites is 3. The molecule has 0 fully saturated rings. The molecule has 14 heteroatoms. The zero-order valence-corrected chi connectivity index (χ0v) is 77.7. The highest BCUT2D eigenvalue weighted by atomic mass is 15.1. The Balaban J connectivity index is 0.000000115. The third-order valence-corrected chi connectivity index (χ3v) is 26.7. The SMILES string of the molecule is CCn1c2ccccc2c2ccc3ccc(-c4ccc(-c5ccc(-c6nc(-c7ccccc7)nc(-c7ccccc7)n6)cc5)cc4)nc3c21.CCn1c2ccccc2c2ccc3ccc(-c4ccc(-c5cccc(-c6nc(-c7ccccc7)nc(-c7ccccc7)n6)c5)cc4)nc3c21.CCn1c2ccccc2c2ccc3ccc(-c4cccc(-c5nc(-c6ccccc6)cc(-c6ccccc6)n5)c4)nc3c21. The first kappa shape index (κ1) is 85.4. The Morgan fingerprint density at radius 1 is 0.149 bits per heavy atom. The van der Waals surface area contributed by atoms with Crippen molar-refractivity contribution in [2.45, 2.75) is 40.4 Å². The molecule has 0 N–H and O–H groups in total. The summed E-state index contributed by atoms with van der Waals surface area (Å²) in [7, 11) is 0. The molecule has 668 valence electrons. The van der Waals surface area contributed by atoms with Crippen LogP contribution in [0.25, 0.3) is 256 Å². The minimum Gasteiger partial charge on any atom is -0.339 e. The Morgan fingerprint density at radius 2 is 0.376 bits per heavy atom. The minimum atomic E-state index is 0.641. The van der Waals surface area contributed by atoms with Crippen LogP contribution >= 0.6 is 0 Å². The summed E-state index contributed by atoms with van der Waals surface area (Å²) in [5.74, 6) is 4.59. The number of benzene rings is 17. The van der Waals surface area contributed by atoms with Gasteiger partial charge in [-0.05, 0) is 97.6 Å². The summed E-state index contributed by atoms with van der Waals surface area (Å²) in [6.07, 6.45) is 0. The summed E-state index contributed by atoms with van der Waals surface area (Å²) in [6.45, 7) is 9.25. The van der Waals surface area contributed by atoms with E-state index in [0.29, 0.717) is 40.8 Å². The van der Waals surface area contributed by atoms with E-state index < -0.39 is 0 Å². The van der Waals surface area contributed by atoms with Crippen molar-refractivity contribution in [2.24, 2.45) is 0 Å². The minimum absolute atomic E-state index is 0.641. The Labute approximate surface area is 814 Å². The third-order valence-electron chi connectivity index (χ3n) is 26.7. The van der Waals surface area contributed by atoms with Gasteiger partial charge in [0.2, 0.25) is 0 Å². The number of aryl methyl sites for hydroxylation is 3. The van der Waals surface area contributed by atoms with E-state index in [4.69, 9.17) is 54.8 Å². The van der Waals surface area contributed by atoms with E-state index >= 15 is 0 Å². The van der Waals surface area contributed by atoms with Gasteiger partial charge in [-0.15, -0.1) is 0 Å². The second kappa shape index (κ2) is 37.3. The van der Waals surface area contributed by atoms with Gasteiger partial charge in [0.05, 0.1) is 61.6 Å². The van der Waals surface area contributed by atoms with Gasteiger partial charge in [-0.2, -0.15) is 0 Å². The molecule has 26 rings (SSSR count). The zero-order valence-electron chi connectivity index (χ0n) is 77.7. The number of hydrogen-bond donors (Lipinski definition) is 0. The lowest BCUT2D eigenvalue weighted by atomic mass is 10.00.